The molecule has 0 aliphatic rings. The number of aliphatic carboxylic acids is 1. The van der Waals surface area contributed by atoms with Crippen molar-refractivity contribution in [2.75, 3.05) is 6.54 Å². The number of carboxylic acids is 1. The smallest absolute Gasteiger partial charge is 0.413 e. The molecule has 9 N–H and O–H groups in total. The van der Waals surface area contributed by atoms with Crippen LogP contribution in [-0.4, -0.2) is 71.6 Å². The first-order valence-corrected chi connectivity index (χ1v) is 14.6. The molecular formula is C31H43N7O7. The van der Waals surface area contributed by atoms with Crippen LogP contribution in [0.5, 0.6) is 5.75 Å². The molecule has 0 fully saturated rings. The number of guanidine groups is 1. The van der Waals surface area contributed by atoms with Crippen molar-refractivity contribution in [3.8, 4) is 5.75 Å². The van der Waals surface area contributed by atoms with Crippen molar-refractivity contribution in [3.63, 3.8) is 0 Å². The van der Waals surface area contributed by atoms with E-state index in [9.17, 15) is 29.1 Å². The SMILES string of the molecule is CC(C)C[C@@H](NC(=O)C(Cc1ccccc1)NC(=O)[C@@H](C)NC(=O)Oc1ccccc1)C(=O)N[C@@H](CCCN=C(N)N)C(=O)O. The number of hydrogen-bond donors (Lipinski definition) is 7. The summed E-state index contributed by atoms with van der Waals surface area (Å²) in [7, 11) is 0. The maximum atomic E-state index is 13.6. The molecular weight excluding hydrogens is 582 g/mol. The third-order valence-corrected chi connectivity index (χ3v) is 6.50. The van der Waals surface area contributed by atoms with Gasteiger partial charge in [0, 0.05) is 13.0 Å². The number of carbonyl (C=O) groups is 5. The van der Waals surface area contributed by atoms with Gasteiger partial charge in [-0.1, -0.05) is 62.4 Å². The van der Waals surface area contributed by atoms with E-state index in [0.29, 0.717) is 6.42 Å². The minimum Gasteiger partial charge on any atom is -0.480 e. The molecule has 2 aromatic carbocycles. The van der Waals surface area contributed by atoms with E-state index in [4.69, 9.17) is 16.2 Å². The molecule has 14 heteroatoms. The summed E-state index contributed by atoms with van der Waals surface area (Å²) in [5, 5.41) is 19.9. The second-order valence-electron chi connectivity index (χ2n) is 10.9. The highest BCUT2D eigenvalue weighted by Gasteiger charge is 2.31. The molecule has 1 unspecified atom stereocenters. The highest BCUT2D eigenvalue weighted by Crippen LogP contribution is 2.11. The number of para-hydroxylation sites is 1. The Balaban J connectivity index is 2.15. The van der Waals surface area contributed by atoms with Crippen LogP contribution in [0.1, 0.15) is 45.6 Å². The second-order valence-corrected chi connectivity index (χ2v) is 10.9. The van der Waals surface area contributed by atoms with Crippen molar-refractivity contribution < 1.29 is 33.8 Å². The molecule has 0 saturated heterocycles. The molecule has 0 aliphatic heterocycles. The highest BCUT2D eigenvalue weighted by molar-refractivity contribution is 5.94. The van der Waals surface area contributed by atoms with Gasteiger partial charge in [-0.2, -0.15) is 0 Å². The lowest BCUT2D eigenvalue weighted by Crippen LogP contribution is -2.58. The summed E-state index contributed by atoms with van der Waals surface area (Å²) in [6.45, 7) is 5.32. The molecule has 2 rings (SSSR count). The molecule has 0 bridgehead atoms. The summed E-state index contributed by atoms with van der Waals surface area (Å²) >= 11 is 0. The van der Waals surface area contributed by atoms with Gasteiger partial charge in [-0.3, -0.25) is 19.4 Å². The fourth-order valence-electron chi connectivity index (χ4n) is 4.23. The van der Waals surface area contributed by atoms with E-state index in [-0.39, 0.29) is 43.4 Å². The van der Waals surface area contributed by atoms with E-state index in [1.165, 1.54) is 6.92 Å². The fourth-order valence-corrected chi connectivity index (χ4v) is 4.23. The summed E-state index contributed by atoms with van der Waals surface area (Å²) in [6, 6.07) is 12.7. The minimum absolute atomic E-state index is 0.0480. The quantitative estimate of drug-likeness (QED) is 0.0756. The predicted molar refractivity (Wildman–Crippen MR) is 168 cm³/mol. The van der Waals surface area contributed by atoms with Gasteiger partial charge in [0.15, 0.2) is 5.96 Å². The van der Waals surface area contributed by atoms with Crippen LogP contribution in [0, 0.1) is 5.92 Å². The van der Waals surface area contributed by atoms with Crippen molar-refractivity contribution in [2.24, 2.45) is 22.4 Å². The normalized spacial score (nSPS) is 13.3. The lowest BCUT2D eigenvalue weighted by molar-refractivity contribution is -0.142. The van der Waals surface area contributed by atoms with Gasteiger partial charge in [0.25, 0.3) is 0 Å². The summed E-state index contributed by atoms with van der Waals surface area (Å²) in [4.78, 5) is 67.9. The van der Waals surface area contributed by atoms with Crippen LogP contribution < -0.4 is 37.5 Å². The topological polar surface area (TPSA) is 227 Å². The average molecular weight is 626 g/mol. The zero-order valence-corrected chi connectivity index (χ0v) is 25.7. The van der Waals surface area contributed by atoms with Gasteiger partial charge >= 0.3 is 12.1 Å². The standard InChI is InChI=1S/C31H43N7O7/c1-19(2)17-24(27(40)36-23(29(42)43)15-10-16-34-30(32)33)38-28(41)25(18-21-11-6-4-7-12-21)37-26(39)20(3)35-31(44)45-22-13-8-5-9-14-22/h4-9,11-14,19-20,23-25H,10,15-18H2,1-3H3,(H,35,44)(H,36,40)(H,37,39)(H,38,41)(H,42,43)(H4,32,33,34)/t20-,23+,24-,25?/m1/s1. The Bertz CT molecular complexity index is 1300. The third kappa shape index (κ3) is 13.8. The third-order valence-electron chi connectivity index (χ3n) is 6.50. The first-order chi connectivity index (χ1) is 21.3. The fraction of sp³-hybridized carbons (Fsp3) is 0.419. The van der Waals surface area contributed by atoms with Crippen LogP contribution >= 0.6 is 0 Å². The van der Waals surface area contributed by atoms with Crippen molar-refractivity contribution in [2.45, 2.75) is 70.6 Å². The lowest BCUT2D eigenvalue weighted by atomic mass is 10.00. The maximum Gasteiger partial charge on any atom is 0.413 e. The summed E-state index contributed by atoms with van der Waals surface area (Å²) in [5.74, 6) is -3.14. The molecule has 0 spiro atoms. The van der Waals surface area contributed by atoms with E-state index in [1.54, 1.807) is 60.7 Å². The molecule has 2 aromatic rings. The number of nitrogens with two attached hydrogens (primary N) is 2. The number of carbonyl (C=O) groups excluding carboxylic acids is 4. The molecule has 14 nitrogen and oxygen atoms in total. The zero-order valence-electron chi connectivity index (χ0n) is 25.7. The molecule has 4 amide bonds. The van der Waals surface area contributed by atoms with E-state index in [0.717, 1.165) is 5.56 Å². The number of amides is 4. The van der Waals surface area contributed by atoms with Crippen LogP contribution in [-0.2, 0) is 25.6 Å². The lowest BCUT2D eigenvalue weighted by Gasteiger charge is -2.26. The van der Waals surface area contributed by atoms with Crippen molar-refractivity contribution in [1.82, 2.24) is 21.3 Å². The Morgan fingerprint density at radius 1 is 0.778 bits per heavy atom. The van der Waals surface area contributed by atoms with E-state index in [2.05, 4.69) is 26.3 Å². The first kappa shape index (κ1) is 36.1. The Morgan fingerprint density at radius 3 is 1.91 bits per heavy atom. The van der Waals surface area contributed by atoms with E-state index in [1.807, 2.05) is 13.8 Å². The van der Waals surface area contributed by atoms with Gasteiger partial charge in [-0.25, -0.2) is 9.59 Å². The van der Waals surface area contributed by atoms with Crippen LogP contribution in [0.25, 0.3) is 0 Å². The number of nitrogens with one attached hydrogen (secondary N) is 4. The molecule has 244 valence electrons. The number of nitrogens with zero attached hydrogens (tertiary/aromatic N) is 1. The molecule has 4 atom stereocenters. The van der Waals surface area contributed by atoms with E-state index < -0.39 is 54.0 Å². The zero-order chi connectivity index (χ0) is 33.4. The number of carboxylic acid groups (broad SMARTS) is 1. The first-order valence-electron chi connectivity index (χ1n) is 14.6. The van der Waals surface area contributed by atoms with Crippen LogP contribution in [0.2, 0.25) is 0 Å². The maximum absolute atomic E-state index is 13.6. The molecule has 0 aliphatic carbocycles. The molecule has 0 heterocycles. The molecule has 45 heavy (non-hydrogen) atoms. The van der Waals surface area contributed by atoms with Gasteiger partial charge in [-0.05, 0) is 49.8 Å². The average Bonchev–Trinajstić information content (AvgIpc) is 2.98. The number of aliphatic imine (C=N–C) groups is 1. The highest BCUT2D eigenvalue weighted by atomic mass is 16.6. The molecule has 0 aromatic heterocycles. The minimum atomic E-state index is -1.25. The monoisotopic (exact) mass is 625 g/mol. The molecule has 0 saturated carbocycles. The Hall–Kier alpha value is -5.14. The predicted octanol–water partition coefficient (Wildman–Crippen LogP) is 1.04. The molecule has 0 radical (unpaired) electrons. The summed E-state index contributed by atoms with van der Waals surface area (Å²) in [5.41, 5.74) is 11.3. The van der Waals surface area contributed by atoms with Crippen molar-refractivity contribution in [3.05, 3.63) is 66.2 Å². The number of hydrogen-bond acceptors (Lipinski definition) is 7. The summed E-state index contributed by atoms with van der Waals surface area (Å²) in [6.07, 6.45) is -0.212. The largest absolute Gasteiger partial charge is 0.480 e. The van der Waals surface area contributed by atoms with Gasteiger partial charge in [0.1, 0.15) is 29.9 Å². The van der Waals surface area contributed by atoms with Crippen molar-refractivity contribution in [1.29, 1.82) is 0 Å². The summed E-state index contributed by atoms with van der Waals surface area (Å²) < 4.78 is 5.18. The van der Waals surface area contributed by atoms with Gasteiger partial charge in [0.05, 0.1) is 0 Å². The Morgan fingerprint density at radius 2 is 1.33 bits per heavy atom. The van der Waals surface area contributed by atoms with Crippen LogP contribution in [0.15, 0.2) is 65.7 Å². The number of benzene rings is 2. The van der Waals surface area contributed by atoms with Crippen LogP contribution in [0.3, 0.4) is 0 Å². The number of rotatable bonds is 17. The van der Waals surface area contributed by atoms with Gasteiger partial charge in [-0.15, -0.1) is 0 Å². The Kier molecular flexibility index (Phi) is 14.8. The second kappa shape index (κ2) is 18.5. The van der Waals surface area contributed by atoms with Crippen molar-refractivity contribution >= 4 is 35.7 Å². The Labute approximate surface area is 262 Å². The van der Waals surface area contributed by atoms with Gasteiger partial charge < -0.3 is 42.6 Å². The van der Waals surface area contributed by atoms with Crippen LogP contribution in [0.4, 0.5) is 4.79 Å². The van der Waals surface area contributed by atoms with Gasteiger partial charge in [0.2, 0.25) is 17.7 Å². The number of ether oxygens (including phenoxy) is 1. The van der Waals surface area contributed by atoms with E-state index >= 15 is 0 Å².